The molecule has 0 saturated heterocycles. The Balaban J connectivity index is 2.41. The number of thioether (sulfide) groups is 1. The van der Waals surface area contributed by atoms with Gasteiger partial charge in [-0.15, -0.1) is 18.2 Å². The highest BCUT2D eigenvalue weighted by Crippen LogP contribution is 2.38. The van der Waals surface area contributed by atoms with Crippen LogP contribution in [0.1, 0.15) is 26.2 Å². The van der Waals surface area contributed by atoms with Crippen molar-refractivity contribution in [1.29, 1.82) is 0 Å². The maximum Gasteiger partial charge on any atom is 0.307 e. The number of hydrogen-bond acceptors (Lipinski definition) is 3. The molecule has 0 radical (unpaired) electrons. The van der Waals surface area contributed by atoms with Gasteiger partial charge in [0.05, 0.1) is 17.6 Å². The van der Waals surface area contributed by atoms with Crippen molar-refractivity contribution in [3.63, 3.8) is 0 Å². The minimum absolute atomic E-state index is 0.121. The van der Waals surface area contributed by atoms with Gasteiger partial charge in [0.1, 0.15) is 0 Å². The summed E-state index contributed by atoms with van der Waals surface area (Å²) in [6, 6.07) is 0. The van der Waals surface area contributed by atoms with Crippen LogP contribution in [0.25, 0.3) is 0 Å². The van der Waals surface area contributed by atoms with E-state index in [2.05, 4.69) is 11.2 Å². The average Bonchev–Trinajstić information content (AvgIpc) is 2.82. The highest BCUT2D eigenvalue weighted by Gasteiger charge is 2.41. The standard InChI is InChI=1S/C14H21NO3S/c1-3-6-19-7-5-15-13(16)11-8-10(4-2)9-12(11)14(17)18/h1,10-12H,4-9H2,2H3,(H,15,16)(H,17,18). The maximum atomic E-state index is 12.0. The Morgan fingerprint density at radius 1 is 1.42 bits per heavy atom. The number of hydrogen-bond donors (Lipinski definition) is 2. The van der Waals surface area contributed by atoms with E-state index in [4.69, 9.17) is 6.42 Å². The molecule has 0 bridgehead atoms. The molecule has 3 unspecified atom stereocenters. The molecule has 2 N–H and O–H groups in total. The molecule has 1 aliphatic rings. The van der Waals surface area contributed by atoms with Crippen molar-refractivity contribution in [2.45, 2.75) is 26.2 Å². The summed E-state index contributed by atoms with van der Waals surface area (Å²) in [7, 11) is 0. The van der Waals surface area contributed by atoms with E-state index in [-0.39, 0.29) is 11.8 Å². The molecule has 1 saturated carbocycles. The fourth-order valence-electron chi connectivity index (χ4n) is 2.55. The smallest absolute Gasteiger partial charge is 0.307 e. The molecule has 1 aliphatic carbocycles. The SMILES string of the molecule is C#CCSCCNC(=O)C1CC(CC)CC1C(=O)O. The summed E-state index contributed by atoms with van der Waals surface area (Å²) in [5.41, 5.74) is 0. The van der Waals surface area contributed by atoms with E-state index in [1.807, 2.05) is 6.92 Å². The van der Waals surface area contributed by atoms with Gasteiger partial charge in [0, 0.05) is 12.3 Å². The summed E-state index contributed by atoms with van der Waals surface area (Å²) in [4.78, 5) is 23.2. The number of nitrogens with one attached hydrogen (secondary N) is 1. The molecule has 0 aromatic heterocycles. The Hall–Kier alpha value is -1.15. The molecule has 1 fully saturated rings. The number of carboxylic acids is 1. The van der Waals surface area contributed by atoms with Gasteiger partial charge in [-0.3, -0.25) is 9.59 Å². The summed E-state index contributed by atoms with van der Waals surface area (Å²) in [5.74, 6) is 2.40. The number of aliphatic carboxylic acids is 1. The molecule has 5 heteroatoms. The zero-order chi connectivity index (χ0) is 14.3. The first kappa shape index (κ1) is 15.9. The highest BCUT2D eigenvalue weighted by molar-refractivity contribution is 7.99. The van der Waals surface area contributed by atoms with Crippen LogP contribution in [0.4, 0.5) is 0 Å². The zero-order valence-electron chi connectivity index (χ0n) is 11.2. The van der Waals surface area contributed by atoms with Crippen molar-refractivity contribution in [3.05, 3.63) is 0 Å². The number of carboxylic acid groups (broad SMARTS) is 1. The summed E-state index contributed by atoms with van der Waals surface area (Å²) in [6.45, 7) is 2.59. The van der Waals surface area contributed by atoms with Gasteiger partial charge in [-0.05, 0) is 18.8 Å². The van der Waals surface area contributed by atoms with Crippen LogP contribution in [0.3, 0.4) is 0 Å². The van der Waals surface area contributed by atoms with E-state index in [0.29, 0.717) is 31.1 Å². The Kier molecular flexibility index (Phi) is 6.79. The predicted octanol–water partition coefficient (Wildman–Crippen LogP) is 1.61. The fourth-order valence-corrected chi connectivity index (χ4v) is 3.06. The quantitative estimate of drug-likeness (QED) is 0.550. The molecule has 0 aliphatic heterocycles. The summed E-state index contributed by atoms with van der Waals surface area (Å²) < 4.78 is 0. The normalized spacial score (nSPS) is 25.8. The number of carbonyl (C=O) groups is 2. The van der Waals surface area contributed by atoms with E-state index in [0.717, 1.165) is 12.2 Å². The van der Waals surface area contributed by atoms with E-state index >= 15 is 0 Å². The molecular weight excluding hydrogens is 262 g/mol. The number of rotatable bonds is 7. The third-order valence-electron chi connectivity index (χ3n) is 3.62. The van der Waals surface area contributed by atoms with Crippen LogP contribution < -0.4 is 5.32 Å². The van der Waals surface area contributed by atoms with E-state index < -0.39 is 11.9 Å². The lowest BCUT2D eigenvalue weighted by molar-refractivity contribution is -0.146. The molecule has 0 aromatic carbocycles. The topological polar surface area (TPSA) is 66.4 Å². The second-order valence-electron chi connectivity index (χ2n) is 4.84. The maximum absolute atomic E-state index is 12.0. The van der Waals surface area contributed by atoms with Crippen LogP contribution in [0.5, 0.6) is 0 Å². The fraction of sp³-hybridized carbons (Fsp3) is 0.714. The molecular formula is C14H21NO3S. The largest absolute Gasteiger partial charge is 0.481 e. The van der Waals surface area contributed by atoms with Crippen molar-refractivity contribution in [1.82, 2.24) is 5.32 Å². The summed E-state index contributed by atoms with van der Waals surface area (Å²) in [5, 5.41) is 12.0. The summed E-state index contributed by atoms with van der Waals surface area (Å²) in [6.07, 6.45) is 7.38. The van der Waals surface area contributed by atoms with E-state index in [9.17, 15) is 14.7 Å². The number of carbonyl (C=O) groups excluding carboxylic acids is 1. The van der Waals surface area contributed by atoms with Gasteiger partial charge in [0.25, 0.3) is 0 Å². The second kappa shape index (κ2) is 8.11. The van der Waals surface area contributed by atoms with Gasteiger partial charge < -0.3 is 10.4 Å². The first-order valence-electron chi connectivity index (χ1n) is 6.61. The molecule has 0 aromatic rings. The molecule has 4 nitrogen and oxygen atoms in total. The van der Waals surface area contributed by atoms with Crippen LogP contribution in [0.2, 0.25) is 0 Å². The highest BCUT2D eigenvalue weighted by atomic mass is 32.2. The molecule has 106 valence electrons. The molecule has 1 rings (SSSR count). The van der Waals surface area contributed by atoms with Crippen LogP contribution in [-0.4, -0.2) is 35.0 Å². The minimum Gasteiger partial charge on any atom is -0.481 e. The molecule has 1 amide bonds. The lowest BCUT2D eigenvalue weighted by atomic mass is 9.95. The Labute approximate surface area is 118 Å². The second-order valence-corrected chi connectivity index (χ2v) is 5.95. The zero-order valence-corrected chi connectivity index (χ0v) is 12.0. The van der Waals surface area contributed by atoms with E-state index in [1.165, 1.54) is 0 Å². The third kappa shape index (κ3) is 4.79. The Morgan fingerprint density at radius 3 is 2.68 bits per heavy atom. The number of amides is 1. The Morgan fingerprint density at radius 2 is 2.11 bits per heavy atom. The van der Waals surface area contributed by atoms with Gasteiger partial charge in [-0.1, -0.05) is 19.3 Å². The molecule has 3 atom stereocenters. The first-order valence-corrected chi connectivity index (χ1v) is 7.77. The van der Waals surface area contributed by atoms with Crippen molar-refractivity contribution in [3.8, 4) is 12.3 Å². The predicted molar refractivity (Wildman–Crippen MR) is 76.8 cm³/mol. The van der Waals surface area contributed by atoms with Crippen LogP contribution in [0.15, 0.2) is 0 Å². The van der Waals surface area contributed by atoms with Gasteiger partial charge in [0.2, 0.25) is 5.91 Å². The third-order valence-corrected chi connectivity index (χ3v) is 4.49. The van der Waals surface area contributed by atoms with E-state index in [1.54, 1.807) is 11.8 Å². The van der Waals surface area contributed by atoms with Crippen molar-refractivity contribution in [2.75, 3.05) is 18.1 Å². The van der Waals surface area contributed by atoms with Crippen molar-refractivity contribution < 1.29 is 14.7 Å². The lowest BCUT2D eigenvalue weighted by Crippen LogP contribution is -2.36. The minimum atomic E-state index is -0.849. The van der Waals surface area contributed by atoms with Crippen LogP contribution in [-0.2, 0) is 9.59 Å². The lowest BCUT2D eigenvalue weighted by Gasteiger charge is -2.15. The molecule has 0 spiro atoms. The average molecular weight is 283 g/mol. The first-order chi connectivity index (χ1) is 9.10. The van der Waals surface area contributed by atoms with Crippen molar-refractivity contribution >= 4 is 23.6 Å². The van der Waals surface area contributed by atoms with Crippen LogP contribution >= 0.6 is 11.8 Å². The van der Waals surface area contributed by atoms with Gasteiger partial charge in [0.15, 0.2) is 0 Å². The Bertz CT molecular complexity index is 364. The number of terminal acetylenes is 1. The monoisotopic (exact) mass is 283 g/mol. The summed E-state index contributed by atoms with van der Waals surface area (Å²) >= 11 is 1.58. The van der Waals surface area contributed by atoms with Crippen LogP contribution in [0, 0.1) is 30.1 Å². The van der Waals surface area contributed by atoms with Gasteiger partial charge in [-0.2, -0.15) is 0 Å². The van der Waals surface area contributed by atoms with Gasteiger partial charge in [-0.25, -0.2) is 0 Å². The molecule has 0 heterocycles. The van der Waals surface area contributed by atoms with Gasteiger partial charge >= 0.3 is 5.97 Å². The van der Waals surface area contributed by atoms with Crippen molar-refractivity contribution in [2.24, 2.45) is 17.8 Å². The molecule has 19 heavy (non-hydrogen) atoms.